The monoisotopic (exact) mass is 283 g/mol. The zero-order valence-corrected chi connectivity index (χ0v) is 8.49. The van der Waals surface area contributed by atoms with Crippen molar-refractivity contribution in [3.63, 3.8) is 0 Å². The SMILES string of the molecule is [CH2-]CC[N-]C(C)C.[W+2]. The number of hydrogen-bond donors (Lipinski definition) is 0. The molecule has 0 aromatic rings. The summed E-state index contributed by atoms with van der Waals surface area (Å²) in [6, 6.07) is 0.488. The molecule has 0 N–H and O–H groups in total. The van der Waals surface area contributed by atoms with E-state index in [1.807, 2.05) is 0 Å². The largest absolute Gasteiger partial charge is 2.00 e. The van der Waals surface area contributed by atoms with Gasteiger partial charge in [-0.2, -0.15) is 6.54 Å². The molecule has 1 nitrogen and oxygen atoms in total. The second kappa shape index (κ2) is 7.65. The maximum atomic E-state index is 4.18. The first-order valence-corrected chi connectivity index (χ1v) is 2.73. The first-order chi connectivity index (χ1) is 3.27. The van der Waals surface area contributed by atoms with Crippen molar-refractivity contribution in [3.8, 4) is 0 Å². The van der Waals surface area contributed by atoms with E-state index < -0.39 is 0 Å². The van der Waals surface area contributed by atoms with Crippen LogP contribution in [-0.2, 0) is 21.1 Å². The summed E-state index contributed by atoms with van der Waals surface area (Å²) in [4.78, 5) is 0. The Morgan fingerprint density at radius 2 is 2.00 bits per heavy atom. The summed E-state index contributed by atoms with van der Waals surface area (Å²) in [5, 5.41) is 4.18. The molecule has 0 aliphatic carbocycles. The van der Waals surface area contributed by atoms with Crippen LogP contribution in [0.3, 0.4) is 0 Å². The minimum Gasteiger partial charge on any atom is -0.662 e. The van der Waals surface area contributed by atoms with Crippen LogP contribution in [-0.4, -0.2) is 12.6 Å². The molecule has 0 aromatic heterocycles. The smallest absolute Gasteiger partial charge is 0.662 e. The molecule has 0 bridgehead atoms. The summed E-state index contributed by atoms with van der Waals surface area (Å²) in [6.07, 6.45) is 0.929. The van der Waals surface area contributed by atoms with Crippen LogP contribution in [0.15, 0.2) is 0 Å². The standard InChI is InChI=1S/C6H13N.W/c1-4-5-7-6(2)3;/h6H,1,4-5H2,2-3H3;/q-2;+2. The van der Waals surface area contributed by atoms with E-state index in [0.717, 1.165) is 13.0 Å². The van der Waals surface area contributed by atoms with Gasteiger partial charge in [0.05, 0.1) is 0 Å². The minimum absolute atomic E-state index is 0. The molecule has 2 heteroatoms. The number of rotatable bonds is 3. The van der Waals surface area contributed by atoms with Gasteiger partial charge in [-0.05, 0) is 0 Å². The summed E-state index contributed by atoms with van der Waals surface area (Å²) in [7, 11) is 0. The van der Waals surface area contributed by atoms with Gasteiger partial charge < -0.3 is 12.2 Å². The van der Waals surface area contributed by atoms with Gasteiger partial charge >= 0.3 is 21.1 Å². The average molecular weight is 283 g/mol. The van der Waals surface area contributed by atoms with Crippen LogP contribution in [0.1, 0.15) is 20.3 Å². The van der Waals surface area contributed by atoms with E-state index in [1.54, 1.807) is 0 Å². The molecule has 0 radical (unpaired) electrons. The van der Waals surface area contributed by atoms with Crippen molar-refractivity contribution in [2.45, 2.75) is 26.3 Å². The third-order valence-corrected chi connectivity index (χ3v) is 0.652. The van der Waals surface area contributed by atoms with Crippen molar-refractivity contribution in [1.29, 1.82) is 0 Å². The molecule has 0 amide bonds. The van der Waals surface area contributed by atoms with Crippen LogP contribution >= 0.6 is 0 Å². The zero-order chi connectivity index (χ0) is 5.70. The van der Waals surface area contributed by atoms with E-state index in [2.05, 4.69) is 26.1 Å². The second-order valence-corrected chi connectivity index (χ2v) is 1.85. The molecule has 0 atom stereocenters. The molecule has 0 spiro atoms. The average Bonchev–Trinajstić information content (AvgIpc) is 1.61. The predicted octanol–water partition coefficient (Wildman–Crippen LogP) is 1.99. The van der Waals surface area contributed by atoms with E-state index in [4.69, 9.17) is 0 Å². The van der Waals surface area contributed by atoms with E-state index in [9.17, 15) is 0 Å². The molecule has 8 heavy (non-hydrogen) atoms. The van der Waals surface area contributed by atoms with Crippen molar-refractivity contribution in [1.82, 2.24) is 0 Å². The van der Waals surface area contributed by atoms with Crippen molar-refractivity contribution < 1.29 is 21.1 Å². The molecular weight excluding hydrogens is 270 g/mol. The van der Waals surface area contributed by atoms with Crippen molar-refractivity contribution in [2.24, 2.45) is 0 Å². The van der Waals surface area contributed by atoms with E-state index >= 15 is 0 Å². The maximum Gasteiger partial charge on any atom is 2.00 e. The van der Waals surface area contributed by atoms with Gasteiger partial charge in [0, 0.05) is 0 Å². The third-order valence-electron chi connectivity index (χ3n) is 0.652. The van der Waals surface area contributed by atoms with Crippen LogP contribution in [0.4, 0.5) is 0 Å². The molecule has 0 heterocycles. The van der Waals surface area contributed by atoms with E-state index in [0.29, 0.717) is 6.04 Å². The molecule has 48 valence electrons. The van der Waals surface area contributed by atoms with Crippen LogP contribution in [0.25, 0.3) is 5.32 Å². The van der Waals surface area contributed by atoms with Gasteiger partial charge in [-0.3, -0.25) is 0 Å². The Morgan fingerprint density at radius 1 is 1.50 bits per heavy atom. The minimum atomic E-state index is 0. The molecule has 0 saturated carbocycles. The van der Waals surface area contributed by atoms with Gasteiger partial charge in [0.25, 0.3) is 0 Å². The Bertz CT molecular complexity index is 37.5. The Kier molecular flexibility index (Phi) is 10.9. The second-order valence-electron chi connectivity index (χ2n) is 1.85. The van der Waals surface area contributed by atoms with Crippen LogP contribution in [0.2, 0.25) is 0 Å². The summed E-state index contributed by atoms with van der Waals surface area (Å²) >= 11 is 0. The van der Waals surface area contributed by atoms with Gasteiger partial charge in [-0.25, -0.2) is 6.42 Å². The Hall–Kier alpha value is 0.648. The Balaban J connectivity index is 0. The van der Waals surface area contributed by atoms with Crippen LogP contribution in [0, 0.1) is 6.92 Å². The van der Waals surface area contributed by atoms with E-state index in [1.165, 1.54) is 0 Å². The first kappa shape index (κ1) is 11.4. The third kappa shape index (κ3) is 9.82. The molecule has 0 rings (SSSR count). The summed E-state index contributed by atoms with van der Waals surface area (Å²) in [6.45, 7) is 8.74. The van der Waals surface area contributed by atoms with Gasteiger partial charge in [0.15, 0.2) is 0 Å². The molecule has 0 aliphatic heterocycles. The maximum absolute atomic E-state index is 4.18. The molecule has 0 unspecified atom stereocenters. The molecule has 0 fully saturated rings. The Morgan fingerprint density at radius 3 is 2.12 bits per heavy atom. The molecule has 0 aromatic carbocycles. The fourth-order valence-electron chi connectivity index (χ4n) is 0.349. The van der Waals surface area contributed by atoms with Gasteiger partial charge in [-0.1, -0.05) is 13.8 Å². The van der Waals surface area contributed by atoms with Crippen molar-refractivity contribution in [2.75, 3.05) is 6.54 Å². The number of hydrogen-bond acceptors (Lipinski definition) is 0. The van der Waals surface area contributed by atoms with Gasteiger partial charge in [0.2, 0.25) is 0 Å². The zero-order valence-electron chi connectivity index (χ0n) is 5.55. The number of nitrogens with zero attached hydrogens (tertiary/aromatic N) is 1. The summed E-state index contributed by atoms with van der Waals surface area (Å²) in [5.74, 6) is 0. The Labute approximate surface area is 66.5 Å². The fraction of sp³-hybridized carbons (Fsp3) is 0.833. The van der Waals surface area contributed by atoms with E-state index in [-0.39, 0.29) is 21.1 Å². The summed E-state index contributed by atoms with van der Waals surface area (Å²) in [5.41, 5.74) is 0. The quantitative estimate of drug-likeness (QED) is 0.703. The summed E-state index contributed by atoms with van der Waals surface area (Å²) < 4.78 is 0. The van der Waals surface area contributed by atoms with Crippen molar-refractivity contribution in [3.05, 3.63) is 12.2 Å². The normalized spacial score (nSPS) is 9.00. The molecular formula is C6H13NW. The predicted molar refractivity (Wildman–Crippen MR) is 33.3 cm³/mol. The fourth-order valence-corrected chi connectivity index (χ4v) is 0.349. The van der Waals surface area contributed by atoms with Gasteiger partial charge in [-0.15, -0.1) is 6.04 Å². The van der Waals surface area contributed by atoms with Crippen LogP contribution < -0.4 is 0 Å². The molecule has 0 aliphatic rings. The van der Waals surface area contributed by atoms with Gasteiger partial charge in [0.1, 0.15) is 0 Å². The molecule has 0 saturated heterocycles. The van der Waals surface area contributed by atoms with Crippen LogP contribution in [0.5, 0.6) is 0 Å². The topological polar surface area (TPSA) is 14.1 Å². The first-order valence-electron chi connectivity index (χ1n) is 2.73. The van der Waals surface area contributed by atoms with Crippen molar-refractivity contribution >= 4 is 0 Å².